The molecule has 0 aliphatic rings. The summed E-state index contributed by atoms with van der Waals surface area (Å²) >= 11 is 0. The maximum atomic E-state index is 12.7. The number of carbonyl (C=O) groups excluding carboxylic acids is 1. The van der Waals surface area contributed by atoms with Crippen LogP contribution in [0, 0.1) is 6.92 Å². The van der Waals surface area contributed by atoms with Crippen LogP contribution in [0.4, 0.5) is 0 Å². The van der Waals surface area contributed by atoms with Gasteiger partial charge < -0.3 is 13.9 Å². The molecular weight excluding hydrogens is 434 g/mol. The number of ether oxygens (including phenoxy) is 2. The number of aromatic nitrogens is 2. The van der Waals surface area contributed by atoms with Gasteiger partial charge in [0.2, 0.25) is 15.9 Å². The summed E-state index contributed by atoms with van der Waals surface area (Å²) in [7, 11) is -2.54. The third kappa shape index (κ3) is 5.32. The van der Waals surface area contributed by atoms with E-state index in [2.05, 4.69) is 14.9 Å². The Morgan fingerprint density at radius 1 is 1.06 bits per heavy atom. The predicted octanol–water partition coefficient (Wildman–Crippen LogP) is 3.66. The second-order valence-corrected chi connectivity index (χ2v) is 9.18. The van der Waals surface area contributed by atoms with Crippen molar-refractivity contribution >= 4 is 16.0 Å². The number of rotatable bonds is 8. The van der Waals surface area contributed by atoms with E-state index in [1.54, 1.807) is 20.8 Å². The van der Waals surface area contributed by atoms with E-state index in [-0.39, 0.29) is 28.1 Å². The van der Waals surface area contributed by atoms with Gasteiger partial charge in [0.1, 0.15) is 10.6 Å². The van der Waals surface area contributed by atoms with E-state index < -0.39 is 22.1 Å². The van der Waals surface area contributed by atoms with Gasteiger partial charge in [0.15, 0.2) is 6.10 Å². The van der Waals surface area contributed by atoms with E-state index in [1.807, 2.05) is 31.2 Å². The number of methoxy groups -OCH3 is 1. The Kier molecular flexibility index (Phi) is 6.95. The first-order valence-electron chi connectivity index (χ1n) is 9.92. The zero-order valence-electron chi connectivity index (χ0n) is 18.4. The smallest absolute Gasteiger partial charge is 0.338 e. The largest absolute Gasteiger partial charge is 0.495 e. The van der Waals surface area contributed by atoms with Gasteiger partial charge in [0.05, 0.1) is 12.7 Å². The zero-order chi connectivity index (χ0) is 23.5. The maximum Gasteiger partial charge on any atom is 0.338 e. The van der Waals surface area contributed by atoms with Crippen molar-refractivity contribution in [2.24, 2.45) is 0 Å². The van der Waals surface area contributed by atoms with Gasteiger partial charge in [0.25, 0.3) is 5.89 Å². The van der Waals surface area contributed by atoms with E-state index >= 15 is 0 Å². The summed E-state index contributed by atoms with van der Waals surface area (Å²) < 4.78 is 43.9. The number of hydrogen-bond acceptors (Lipinski definition) is 8. The molecule has 0 saturated heterocycles. The minimum Gasteiger partial charge on any atom is -0.495 e. The van der Waals surface area contributed by atoms with Crippen molar-refractivity contribution in [3.8, 4) is 17.2 Å². The number of benzene rings is 2. The first-order valence-corrected chi connectivity index (χ1v) is 11.4. The third-order valence-electron chi connectivity index (χ3n) is 4.45. The molecule has 1 atom stereocenters. The fourth-order valence-electron chi connectivity index (χ4n) is 2.88. The molecule has 1 unspecified atom stereocenters. The fraction of sp³-hybridized carbons (Fsp3) is 0.318. The van der Waals surface area contributed by atoms with Crippen LogP contribution in [0.5, 0.6) is 5.75 Å². The van der Waals surface area contributed by atoms with Crippen molar-refractivity contribution in [1.29, 1.82) is 0 Å². The molecule has 0 radical (unpaired) electrons. The van der Waals surface area contributed by atoms with Crippen molar-refractivity contribution in [1.82, 2.24) is 14.9 Å². The summed E-state index contributed by atoms with van der Waals surface area (Å²) in [6.07, 6.45) is -0.842. The van der Waals surface area contributed by atoms with Crippen LogP contribution >= 0.6 is 0 Å². The highest BCUT2D eigenvalue weighted by molar-refractivity contribution is 7.89. The Bertz CT molecular complexity index is 1200. The highest BCUT2D eigenvalue weighted by Gasteiger charge is 2.25. The molecule has 0 amide bonds. The first kappa shape index (κ1) is 23.4. The minimum absolute atomic E-state index is 0.0417. The second-order valence-electron chi connectivity index (χ2n) is 7.50. The lowest BCUT2D eigenvalue weighted by atomic mass is 10.1. The summed E-state index contributed by atoms with van der Waals surface area (Å²) in [6, 6.07) is 11.3. The molecule has 10 heteroatoms. The van der Waals surface area contributed by atoms with E-state index in [0.717, 1.165) is 11.1 Å². The van der Waals surface area contributed by atoms with Gasteiger partial charge in [-0.2, -0.15) is 0 Å². The van der Waals surface area contributed by atoms with Crippen molar-refractivity contribution in [3.63, 3.8) is 0 Å². The molecular formula is C22H25N3O6S. The molecule has 3 aromatic rings. The number of aryl methyl sites for hydroxylation is 1. The van der Waals surface area contributed by atoms with Crippen molar-refractivity contribution in [2.75, 3.05) is 7.11 Å². The maximum absolute atomic E-state index is 12.7. The average molecular weight is 460 g/mol. The lowest BCUT2D eigenvalue weighted by molar-refractivity contribution is 0.0279. The molecule has 0 fully saturated rings. The highest BCUT2D eigenvalue weighted by atomic mass is 32.2. The van der Waals surface area contributed by atoms with Gasteiger partial charge in [-0.3, -0.25) is 0 Å². The number of nitrogens with one attached hydrogen (secondary N) is 1. The normalized spacial score (nSPS) is 12.6. The van der Waals surface area contributed by atoms with E-state index in [9.17, 15) is 13.2 Å². The van der Waals surface area contributed by atoms with Crippen LogP contribution in [0.15, 0.2) is 51.8 Å². The van der Waals surface area contributed by atoms with Crippen LogP contribution in [0.25, 0.3) is 11.5 Å². The zero-order valence-corrected chi connectivity index (χ0v) is 19.3. The summed E-state index contributed by atoms with van der Waals surface area (Å²) in [6.45, 7) is 6.95. The van der Waals surface area contributed by atoms with Gasteiger partial charge in [-0.25, -0.2) is 17.9 Å². The van der Waals surface area contributed by atoms with Crippen LogP contribution in [0.2, 0.25) is 0 Å². The number of sulfonamides is 1. The fourth-order valence-corrected chi connectivity index (χ4v) is 4.32. The minimum atomic E-state index is -3.89. The molecule has 2 aromatic carbocycles. The van der Waals surface area contributed by atoms with Gasteiger partial charge in [-0.1, -0.05) is 17.7 Å². The molecule has 1 aromatic heterocycles. The molecule has 1 heterocycles. The molecule has 0 saturated carbocycles. The van der Waals surface area contributed by atoms with Gasteiger partial charge >= 0.3 is 5.97 Å². The Morgan fingerprint density at radius 3 is 2.38 bits per heavy atom. The first-order chi connectivity index (χ1) is 15.1. The van der Waals surface area contributed by atoms with Crippen LogP contribution in [-0.4, -0.2) is 37.7 Å². The topological polar surface area (TPSA) is 121 Å². The third-order valence-corrected chi connectivity index (χ3v) is 6.13. The molecule has 3 rings (SSSR count). The lowest BCUT2D eigenvalue weighted by Gasteiger charge is -2.14. The summed E-state index contributed by atoms with van der Waals surface area (Å²) in [5.41, 5.74) is 1.89. The Balaban J connectivity index is 1.80. The lowest BCUT2D eigenvalue weighted by Crippen LogP contribution is -2.30. The van der Waals surface area contributed by atoms with Gasteiger partial charge in [-0.05, 0) is 58.0 Å². The molecule has 0 spiro atoms. The quantitative estimate of drug-likeness (QED) is 0.507. The summed E-state index contributed by atoms with van der Waals surface area (Å²) in [5, 5.41) is 7.96. The molecule has 170 valence electrons. The average Bonchev–Trinajstić information content (AvgIpc) is 3.23. The summed E-state index contributed by atoms with van der Waals surface area (Å²) in [5.74, 6) is -0.198. The van der Waals surface area contributed by atoms with Gasteiger partial charge in [0, 0.05) is 11.6 Å². The van der Waals surface area contributed by atoms with Crippen molar-refractivity contribution in [2.45, 2.75) is 44.7 Å². The van der Waals surface area contributed by atoms with Crippen molar-refractivity contribution in [3.05, 3.63) is 59.5 Å². The van der Waals surface area contributed by atoms with E-state index in [4.69, 9.17) is 13.9 Å². The SMILES string of the molecule is COc1ccc(C(=O)OC(C)c2nnc(-c3ccc(C)cc3)o2)cc1S(=O)(=O)NC(C)C. The second kappa shape index (κ2) is 9.49. The number of hydrogen-bond donors (Lipinski definition) is 1. The predicted molar refractivity (Wildman–Crippen MR) is 117 cm³/mol. The van der Waals surface area contributed by atoms with Crippen LogP contribution in [0.1, 0.15) is 48.7 Å². The van der Waals surface area contributed by atoms with E-state index in [1.165, 1.54) is 25.3 Å². The summed E-state index contributed by atoms with van der Waals surface area (Å²) in [4.78, 5) is 12.5. The molecule has 0 aliphatic carbocycles. The van der Waals surface area contributed by atoms with Gasteiger partial charge in [-0.15, -0.1) is 10.2 Å². The van der Waals surface area contributed by atoms with Crippen molar-refractivity contribution < 1.29 is 27.1 Å². The Hall–Kier alpha value is -3.24. The van der Waals surface area contributed by atoms with Crippen LogP contribution < -0.4 is 9.46 Å². The molecule has 0 aliphatic heterocycles. The molecule has 32 heavy (non-hydrogen) atoms. The number of esters is 1. The molecule has 0 bridgehead atoms. The standard InChI is InChI=1S/C22H25N3O6S/c1-13(2)25-32(27,28)19-12-17(10-11-18(19)29-5)22(26)30-15(4)20-23-24-21(31-20)16-8-6-14(3)7-9-16/h6-13,15,25H,1-5H3. The van der Waals surface area contributed by atoms with E-state index in [0.29, 0.717) is 5.89 Å². The number of carbonyl (C=O) groups is 1. The number of nitrogens with zero attached hydrogens (tertiary/aromatic N) is 2. The molecule has 9 nitrogen and oxygen atoms in total. The van der Waals surface area contributed by atoms with Crippen LogP contribution in [0.3, 0.4) is 0 Å². The highest BCUT2D eigenvalue weighted by Crippen LogP contribution is 2.27. The Labute approximate surface area is 186 Å². The van der Waals surface area contributed by atoms with Crippen LogP contribution in [-0.2, 0) is 14.8 Å². The monoisotopic (exact) mass is 459 g/mol. The Morgan fingerprint density at radius 2 is 1.75 bits per heavy atom. The molecule has 1 N–H and O–H groups in total.